The summed E-state index contributed by atoms with van der Waals surface area (Å²) in [4.78, 5) is 36.7. The molecule has 0 aliphatic rings. The highest BCUT2D eigenvalue weighted by molar-refractivity contribution is 7.14. The van der Waals surface area contributed by atoms with E-state index in [4.69, 9.17) is 5.73 Å². The van der Waals surface area contributed by atoms with Gasteiger partial charge < -0.3 is 5.73 Å². The average molecular weight is 306 g/mol. The zero-order valence-electron chi connectivity index (χ0n) is 10.6. The number of nitrogens with zero attached hydrogens (tertiary/aromatic N) is 2. The van der Waals surface area contributed by atoms with Crippen LogP contribution >= 0.6 is 11.3 Å². The summed E-state index contributed by atoms with van der Waals surface area (Å²) in [5.41, 5.74) is 5.70. The Morgan fingerprint density at radius 2 is 2.00 bits per heavy atom. The predicted octanol–water partition coefficient (Wildman–Crippen LogP) is 1.33. The topological polar surface area (TPSA) is 128 Å². The number of benzene rings is 1. The maximum Gasteiger partial charge on any atom is 0.269 e. The van der Waals surface area contributed by atoms with Crippen molar-refractivity contribution < 1.29 is 14.5 Å². The molecule has 2 amide bonds. The molecule has 1 aromatic heterocycles. The Balaban J connectivity index is 2.05. The first kappa shape index (κ1) is 14.6. The number of anilines is 1. The third-order valence-corrected chi connectivity index (χ3v) is 3.27. The molecule has 108 valence electrons. The third kappa shape index (κ3) is 3.83. The Labute approximate surface area is 122 Å². The SMILES string of the molecule is NC(=O)Cc1csc(NC(=O)c2ccc([N+](=O)[O-])cc2)n1. The molecule has 0 saturated heterocycles. The van der Waals surface area contributed by atoms with Crippen LogP contribution in [0.1, 0.15) is 16.1 Å². The maximum atomic E-state index is 11.9. The fourth-order valence-electron chi connectivity index (χ4n) is 1.53. The fourth-order valence-corrected chi connectivity index (χ4v) is 2.23. The number of carbonyl (C=O) groups is 2. The van der Waals surface area contributed by atoms with E-state index in [1.807, 2.05) is 0 Å². The lowest BCUT2D eigenvalue weighted by molar-refractivity contribution is -0.384. The average Bonchev–Trinajstić information content (AvgIpc) is 2.85. The van der Waals surface area contributed by atoms with Crippen molar-refractivity contribution in [1.82, 2.24) is 4.98 Å². The minimum atomic E-state index is -0.543. The largest absolute Gasteiger partial charge is 0.369 e. The maximum absolute atomic E-state index is 11.9. The minimum absolute atomic E-state index is 0.00387. The Kier molecular flexibility index (Phi) is 4.24. The number of nitro groups is 1. The molecule has 21 heavy (non-hydrogen) atoms. The van der Waals surface area contributed by atoms with Gasteiger partial charge in [-0.15, -0.1) is 11.3 Å². The standard InChI is InChI=1S/C12H10N4O4S/c13-10(17)5-8-6-21-12(14-8)15-11(18)7-1-3-9(4-2-7)16(19)20/h1-4,6H,5H2,(H2,13,17)(H,14,15,18). The van der Waals surface area contributed by atoms with Crippen molar-refractivity contribution in [3.63, 3.8) is 0 Å². The number of nitrogens with two attached hydrogens (primary N) is 1. The van der Waals surface area contributed by atoms with Crippen LogP contribution in [0.5, 0.6) is 0 Å². The zero-order valence-corrected chi connectivity index (χ0v) is 11.4. The summed E-state index contributed by atoms with van der Waals surface area (Å²) < 4.78 is 0. The van der Waals surface area contributed by atoms with Crippen molar-refractivity contribution in [3.05, 3.63) is 51.0 Å². The molecule has 2 rings (SSSR count). The number of primary amides is 1. The summed E-state index contributed by atoms with van der Waals surface area (Å²) >= 11 is 1.16. The smallest absolute Gasteiger partial charge is 0.269 e. The van der Waals surface area contributed by atoms with Gasteiger partial charge >= 0.3 is 0 Å². The molecule has 1 aromatic carbocycles. The summed E-state index contributed by atoms with van der Waals surface area (Å²) in [5, 5.41) is 15.0. The molecular formula is C12H10N4O4S. The second-order valence-corrected chi connectivity index (χ2v) is 4.90. The van der Waals surface area contributed by atoms with Gasteiger partial charge in [0.1, 0.15) is 0 Å². The van der Waals surface area contributed by atoms with Crippen LogP contribution in [0.15, 0.2) is 29.6 Å². The molecule has 9 heteroatoms. The number of hydrogen-bond acceptors (Lipinski definition) is 6. The van der Waals surface area contributed by atoms with E-state index in [1.54, 1.807) is 5.38 Å². The number of hydrogen-bond donors (Lipinski definition) is 2. The van der Waals surface area contributed by atoms with Gasteiger partial charge in [0.2, 0.25) is 5.91 Å². The normalized spacial score (nSPS) is 10.1. The molecule has 1 heterocycles. The number of aromatic nitrogens is 1. The molecule has 0 saturated carbocycles. The molecule has 2 aromatic rings. The van der Waals surface area contributed by atoms with Crippen molar-refractivity contribution in [2.75, 3.05) is 5.32 Å². The number of rotatable bonds is 5. The van der Waals surface area contributed by atoms with Gasteiger partial charge in [-0.3, -0.25) is 25.0 Å². The van der Waals surface area contributed by atoms with Crippen LogP contribution in [-0.4, -0.2) is 21.7 Å². The Morgan fingerprint density at radius 3 is 2.57 bits per heavy atom. The first-order chi connectivity index (χ1) is 9.95. The van der Waals surface area contributed by atoms with Crippen molar-refractivity contribution in [3.8, 4) is 0 Å². The highest BCUT2D eigenvalue weighted by Gasteiger charge is 2.12. The van der Waals surface area contributed by atoms with E-state index < -0.39 is 16.7 Å². The van der Waals surface area contributed by atoms with E-state index in [2.05, 4.69) is 10.3 Å². The van der Waals surface area contributed by atoms with Crippen LogP contribution in [0.4, 0.5) is 10.8 Å². The quantitative estimate of drug-likeness (QED) is 0.636. The van der Waals surface area contributed by atoms with Gasteiger partial charge in [-0.25, -0.2) is 4.98 Å². The lowest BCUT2D eigenvalue weighted by atomic mass is 10.2. The van der Waals surface area contributed by atoms with Crippen LogP contribution in [0.2, 0.25) is 0 Å². The van der Waals surface area contributed by atoms with Gasteiger partial charge in [0.25, 0.3) is 11.6 Å². The molecule has 3 N–H and O–H groups in total. The van der Waals surface area contributed by atoms with Crippen LogP contribution < -0.4 is 11.1 Å². The Morgan fingerprint density at radius 1 is 1.33 bits per heavy atom. The van der Waals surface area contributed by atoms with E-state index in [0.717, 1.165) is 11.3 Å². The molecule has 0 fully saturated rings. The highest BCUT2D eigenvalue weighted by atomic mass is 32.1. The number of non-ortho nitro benzene ring substituents is 1. The second kappa shape index (κ2) is 6.09. The van der Waals surface area contributed by atoms with Crippen LogP contribution in [0.25, 0.3) is 0 Å². The molecule has 0 radical (unpaired) electrons. The van der Waals surface area contributed by atoms with Crippen molar-refractivity contribution in [1.29, 1.82) is 0 Å². The summed E-state index contributed by atoms with van der Waals surface area (Å²) in [6, 6.07) is 5.20. The van der Waals surface area contributed by atoms with Crippen LogP contribution in [0, 0.1) is 10.1 Å². The Bertz CT molecular complexity index is 696. The lowest BCUT2D eigenvalue weighted by Gasteiger charge is -2.01. The highest BCUT2D eigenvalue weighted by Crippen LogP contribution is 2.18. The van der Waals surface area contributed by atoms with Gasteiger partial charge in [-0.1, -0.05) is 0 Å². The number of nitro benzene ring substituents is 1. The van der Waals surface area contributed by atoms with Gasteiger partial charge in [0, 0.05) is 23.1 Å². The predicted molar refractivity (Wildman–Crippen MR) is 76.1 cm³/mol. The second-order valence-electron chi connectivity index (χ2n) is 4.05. The van der Waals surface area contributed by atoms with Gasteiger partial charge in [0.15, 0.2) is 5.13 Å². The fraction of sp³-hybridized carbons (Fsp3) is 0.0833. The monoisotopic (exact) mass is 306 g/mol. The third-order valence-electron chi connectivity index (χ3n) is 2.47. The van der Waals surface area contributed by atoms with E-state index in [9.17, 15) is 19.7 Å². The number of carbonyl (C=O) groups excluding carboxylic acids is 2. The molecule has 0 bridgehead atoms. The van der Waals surface area contributed by atoms with E-state index in [-0.39, 0.29) is 17.7 Å². The molecule has 0 spiro atoms. The van der Waals surface area contributed by atoms with Gasteiger partial charge in [-0.2, -0.15) is 0 Å². The van der Waals surface area contributed by atoms with E-state index >= 15 is 0 Å². The van der Waals surface area contributed by atoms with Gasteiger partial charge in [-0.05, 0) is 12.1 Å². The van der Waals surface area contributed by atoms with Gasteiger partial charge in [0.05, 0.1) is 17.0 Å². The van der Waals surface area contributed by atoms with Crippen LogP contribution in [-0.2, 0) is 11.2 Å². The number of amides is 2. The number of thiazole rings is 1. The summed E-state index contributed by atoms with van der Waals surface area (Å²) in [6.07, 6.45) is 0.00387. The first-order valence-corrected chi connectivity index (χ1v) is 6.62. The van der Waals surface area contributed by atoms with E-state index in [1.165, 1.54) is 24.3 Å². The molecule has 0 aliphatic carbocycles. The molecular weight excluding hydrogens is 296 g/mol. The van der Waals surface area contributed by atoms with E-state index in [0.29, 0.717) is 10.8 Å². The molecule has 0 unspecified atom stereocenters. The van der Waals surface area contributed by atoms with Crippen molar-refractivity contribution >= 4 is 34.0 Å². The number of nitrogens with one attached hydrogen (secondary N) is 1. The summed E-state index contributed by atoms with van der Waals surface area (Å²) in [7, 11) is 0. The van der Waals surface area contributed by atoms with Crippen molar-refractivity contribution in [2.24, 2.45) is 5.73 Å². The molecule has 8 nitrogen and oxygen atoms in total. The first-order valence-electron chi connectivity index (χ1n) is 5.74. The molecule has 0 aliphatic heterocycles. The molecule has 0 atom stereocenters. The minimum Gasteiger partial charge on any atom is -0.369 e. The summed E-state index contributed by atoms with van der Waals surface area (Å²) in [5.74, 6) is -0.946. The lowest BCUT2D eigenvalue weighted by Crippen LogP contribution is -2.14. The zero-order chi connectivity index (χ0) is 15.4. The van der Waals surface area contributed by atoms with Crippen molar-refractivity contribution in [2.45, 2.75) is 6.42 Å². The van der Waals surface area contributed by atoms with Crippen LogP contribution in [0.3, 0.4) is 0 Å². The Hall–Kier alpha value is -2.81. The summed E-state index contributed by atoms with van der Waals surface area (Å²) in [6.45, 7) is 0.